The summed E-state index contributed by atoms with van der Waals surface area (Å²) in [4.78, 5) is 23.3. The Morgan fingerprint density at radius 2 is 1.27 bits per heavy atom. The van der Waals surface area contributed by atoms with E-state index in [0.29, 0.717) is 19.4 Å². The molecule has 0 N–H and O–H groups in total. The Kier molecular flexibility index (Phi) is 20.4. The van der Waals surface area contributed by atoms with Gasteiger partial charge >= 0.3 is 35.5 Å². The van der Waals surface area contributed by atoms with E-state index < -0.39 is 17.8 Å². The Morgan fingerprint density at radius 1 is 0.800 bits per heavy atom. The molecule has 30 heavy (non-hydrogen) atoms. The van der Waals surface area contributed by atoms with Crippen LogP contribution in [0.5, 0.6) is 0 Å². The minimum Gasteiger partial charge on any atom is -0.550 e. The summed E-state index contributed by atoms with van der Waals surface area (Å²) in [7, 11) is 0. The first-order valence-electron chi connectivity index (χ1n) is 12.2. The molecule has 1 saturated carbocycles. The normalized spacial score (nSPS) is 18.8. The van der Waals surface area contributed by atoms with Crippen molar-refractivity contribution >= 4 is 11.9 Å². The molecule has 1 rings (SSSR count). The molecule has 1 fully saturated rings. The molecule has 2 atom stereocenters. The topological polar surface area (TPSA) is 66.4 Å². The maximum absolute atomic E-state index is 12.1. The number of esters is 1. The van der Waals surface area contributed by atoms with Crippen LogP contribution in [0.4, 0.5) is 0 Å². The predicted octanol–water partition coefficient (Wildman–Crippen LogP) is 2.74. The smallest absolute Gasteiger partial charge is 0.550 e. The van der Waals surface area contributed by atoms with Gasteiger partial charge in [0.05, 0.1) is 12.5 Å². The molecular formula is C25H43NaO4. The monoisotopic (exact) mass is 430 g/mol. The minimum atomic E-state index is -1.10. The maximum atomic E-state index is 12.1. The van der Waals surface area contributed by atoms with Gasteiger partial charge in [-0.1, -0.05) is 89.2 Å². The van der Waals surface area contributed by atoms with E-state index in [0.717, 1.165) is 25.7 Å². The van der Waals surface area contributed by atoms with E-state index in [-0.39, 0.29) is 35.5 Å². The van der Waals surface area contributed by atoms with E-state index >= 15 is 0 Å². The number of carbonyl (C=O) groups excluding carboxylic acids is 2. The van der Waals surface area contributed by atoms with Crippen molar-refractivity contribution in [3.05, 3.63) is 12.2 Å². The van der Waals surface area contributed by atoms with Crippen molar-refractivity contribution < 1.29 is 49.0 Å². The van der Waals surface area contributed by atoms with Crippen LogP contribution >= 0.6 is 0 Å². The Balaban J connectivity index is 0.00000841. The van der Waals surface area contributed by atoms with Gasteiger partial charge in [0.15, 0.2) is 0 Å². The predicted molar refractivity (Wildman–Crippen MR) is 116 cm³/mol. The summed E-state index contributed by atoms with van der Waals surface area (Å²) in [5, 5.41) is 11.2. The summed E-state index contributed by atoms with van der Waals surface area (Å²) in [5.74, 6) is -2.59. The van der Waals surface area contributed by atoms with E-state index in [9.17, 15) is 14.7 Å². The van der Waals surface area contributed by atoms with Gasteiger partial charge < -0.3 is 14.6 Å². The third-order valence-corrected chi connectivity index (χ3v) is 6.12. The molecule has 168 valence electrons. The fourth-order valence-corrected chi connectivity index (χ4v) is 4.27. The third kappa shape index (κ3) is 14.6. The Hall–Kier alpha value is -0.320. The first-order chi connectivity index (χ1) is 14.2. The van der Waals surface area contributed by atoms with Crippen LogP contribution < -0.4 is 34.7 Å². The number of hydrogen-bond acceptors (Lipinski definition) is 4. The number of rotatable bonds is 17. The summed E-state index contributed by atoms with van der Waals surface area (Å²) < 4.78 is 5.34. The molecule has 1 aliphatic carbocycles. The van der Waals surface area contributed by atoms with E-state index in [4.69, 9.17) is 4.74 Å². The van der Waals surface area contributed by atoms with Gasteiger partial charge in [-0.05, 0) is 39.0 Å². The molecule has 4 nitrogen and oxygen atoms in total. The third-order valence-electron chi connectivity index (χ3n) is 6.12. The van der Waals surface area contributed by atoms with Gasteiger partial charge in [0.25, 0.3) is 0 Å². The molecule has 0 aromatic heterocycles. The van der Waals surface area contributed by atoms with Crippen molar-refractivity contribution in [2.75, 3.05) is 6.61 Å². The van der Waals surface area contributed by atoms with Gasteiger partial charge in [-0.3, -0.25) is 4.79 Å². The first kappa shape index (κ1) is 29.7. The van der Waals surface area contributed by atoms with Crippen molar-refractivity contribution in [2.24, 2.45) is 11.8 Å². The van der Waals surface area contributed by atoms with Gasteiger partial charge in [-0.2, -0.15) is 0 Å². The first-order valence-corrected chi connectivity index (χ1v) is 12.2. The van der Waals surface area contributed by atoms with E-state index in [2.05, 4.69) is 19.1 Å². The number of aliphatic carboxylic acids is 1. The molecule has 0 radical (unpaired) electrons. The molecule has 0 aromatic rings. The Morgan fingerprint density at radius 3 is 1.77 bits per heavy atom. The number of unbranched alkanes of at least 4 members (excludes halogenated alkanes) is 12. The van der Waals surface area contributed by atoms with Crippen LogP contribution in [0.2, 0.25) is 0 Å². The zero-order valence-corrected chi connectivity index (χ0v) is 21.7. The number of ether oxygens (including phenoxy) is 1. The zero-order valence-electron chi connectivity index (χ0n) is 19.7. The number of carboxylic acids is 1. The van der Waals surface area contributed by atoms with Crippen molar-refractivity contribution in [1.82, 2.24) is 0 Å². The molecule has 0 amide bonds. The fraction of sp³-hybridized carbons (Fsp3) is 0.840. The molecule has 0 spiro atoms. The Bertz CT molecular complexity index is 464. The summed E-state index contributed by atoms with van der Waals surface area (Å²) in [6, 6.07) is 0. The van der Waals surface area contributed by atoms with E-state index in [1.54, 1.807) is 0 Å². The molecule has 0 saturated heterocycles. The standard InChI is InChI=1S/C25H44O4.Na/c1-2-3-4-5-6-7-8-9-10-11-12-13-14-15-18-21-29-25(28)23-20-17-16-19-22(23)24(26)27;/h2-3,22-23H,4-21H2,1H3,(H,26,27);/q;+1/p-1/b3-2+;. The average molecular weight is 431 g/mol. The van der Waals surface area contributed by atoms with E-state index in [1.165, 1.54) is 70.6 Å². The average Bonchev–Trinajstić information content (AvgIpc) is 2.73. The Labute approximate surface area is 206 Å². The second kappa shape index (κ2) is 20.6. The summed E-state index contributed by atoms with van der Waals surface area (Å²) in [5.41, 5.74) is 0. The van der Waals surface area contributed by atoms with Crippen molar-refractivity contribution in [3.8, 4) is 0 Å². The van der Waals surface area contributed by atoms with Crippen molar-refractivity contribution in [3.63, 3.8) is 0 Å². The molecule has 0 bridgehead atoms. The summed E-state index contributed by atoms with van der Waals surface area (Å²) in [6.45, 7) is 2.51. The van der Waals surface area contributed by atoms with Crippen LogP contribution in [0.3, 0.4) is 0 Å². The maximum Gasteiger partial charge on any atom is 1.00 e. The van der Waals surface area contributed by atoms with Crippen LogP contribution in [-0.2, 0) is 14.3 Å². The van der Waals surface area contributed by atoms with E-state index in [1.807, 2.05) is 0 Å². The number of allylic oxidation sites excluding steroid dienone is 2. The van der Waals surface area contributed by atoms with Crippen molar-refractivity contribution in [2.45, 2.75) is 116 Å². The van der Waals surface area contributed by atoms with Gasteiger partial charge in [0, 0.05) is 11.9 Å². The molecule has 5 heteroatoms. The fourth-order valence-electron chi connectivity index (χ4n) is 4.27. The summed E-state index contributed by atoms with van der Waals surface area (Å²) in [6.07, 6.45) is 23.8. The largest absolute Gasteiger partial charge is 1.00 e. The van der Waals surface area contributed by atoms with Crippen LogP contribution in [0, 0.1) is 11.8 Å². The molecule has 0 aliphatic heterocycles. The van der Waals surface area contributed by atoms with Gasteiger partial charge in [-0.25, -0.2) is 0 Å². The number of carboxylic acid groups (broad SMARTS) is 1. The SMILES string of the molecule is C/C=C/CCCCCCCCCCCCCCOC(=O)C1CCCCC1C(=O)[O-].[Na+]. The second-order valence-corrected chi connectivity index (χ2v) is 8.58. The van der Waals surface area contributed by atoms with Crippen LogP contribution in [0.25, 0.3) is 0 Å². The van der Waals surface area contributed by atoms with Gasteiger partial charge in [0.2, 0.25) is 0 Å². The zero-order chi connectivity index (χ0) is 21.2. The van der Waals surface area contributed by atoms with Crippen LogP contribution in [0.1, 0.15) is 116 Å². The second-order valence-electron chi connectivity index (χ2n) is 8.58. The minimum absolute atomic E-state index is 0. The molecule has 1 aliphatic rings. The number of carbonyl (C=O) groups is 2. The quantitative estimate of drug-likeness (QED) is 0.154. The molecule has 0 heterocycles. The molecule has 0 aromatic carbocycles. The molecule has 2 unspecified atom stereocenters. The van der Waals surface area contributed by atoms with Crippen LogP contribution in [-0.4, -0.2) is 18.5 Å². The summed E-state index contributed by atoms with van der Waals surface area (Å²) >= 11 is 0. The number of hydrogen-bond donors (Lipinski definition) is 0. The van der Waals surface area contributed by atoms with Crippen LogP contribution in [0.15, 0.2) is 12.2 Å². The van der Waals surface area contributed by atoms with Crippen molar-refractivity contribution in [1.29, 1.82) is 0 Å². The van der Waals surface area contributed by atoms with Gasteiger partial charge in [0.1, 0.15) is 0 Å². The molecular weight excluding hydrogens is 387 g/mol. The van der Waals surface area contributed by atoms with Gasteiger partial charge in [-0.15, -0.1) is 0 Å².